The molecule has 0 aliphatic rings. The van der Waals surface area contributed by atoms with Crippen molar-refractivity contribution in [3.8, 4) is 33.6 Å². The lowest BCUT2D eigenvalue weighted by Crippen LogP contribution is -2.13. The van der Waals surface area contributed by atoms with Gasteiger partial charge in [-0.25, -0.2) is 9.35 Å². The summed E-state index contributed by atoms with van der Waals surface area (Å²) >= 11 is 24.3. The molecule has 6 aromatic rings. The summed E-state index contributed by atoms with van der Waals surface area (Å²) in [6.45, 7) is 4.00. The molecule has 1 amide bonds. The molecule has 232 valence electrons. The Hall–Kier alpha value is -4.61. The molecule has 0 aliphatic carbocycles. The highest BCUT2D eigenvalue weighted by Gasteiger charge is 2.17. The fourth-order valence-electron chi connectivity index (χ4n) is 5.45. The van der Waals surface area contributed by atoms with Crippen molar-refractivity contribution in [2.24, 2.45) is 5.73 Å². The first-order valence-corrected chi connectivity index (χ1v) is 15.9. The summed E-state index contributed by atoms with van der Waals surface area (Å²) in [4.78, 5) is 18.4. The Morgan fingerprint density at radius 3 is 2.11 bits per heavy atom. The lowest BCUT2D eigenvalue weighted by atomic mass is 10.00. The van der Waals surface area contributed by atoms with Crippen molar-refractivity contribution < 1.29 is 4.79 Å². The normalized spacial score (nSPS) is 11.0. The first-order valence-electron chi connectivity index (χ1n) is 14.4. The second-order valence-electron chi connectivity index (χ2n) is 10.7. The Kier molecular flexibility index (Phi) is 8.88. The number of nitrogens with one attached hydrogen (secondary N) is 4. The maximum absolute atomic E-state index is 11.9. The van der Waals surface area contributed by atoms with Crippen molar-refractivity contribution in [2.45, 2.75) is 20.3 Å². The van der Waals surface area contributed by atoms with Crippen LogP contribution < -0.4 is 16.6 Å². The van der Waals surface area contributed by atoms with Crippen LogP contribution in [-0.2, 0) is 6.42 Å². The third-order valence-corrected chi connectivity index (χ3v) is 8.52. The van der Waals surface area contributed by atoms with Gasteiger partial charge in [-0.05, 0) is 104 Å². The van der Waals surface area contributed by atoms with Gasteiger partial charge in [0.2, 0.25) is 5.91 Å². The molecule has 2 heterocycles. The van der Waals surface area contributed by atoms with E-state index in [1.54, 1.807) is 22.9 Å². The van der Waals surface area contributed by atoms with Crippen LogP contribution in [0.15, 0.2) is 91.0 Å². The predicted octanol–water partition coefficient (Wildman–Crippen LogP) is 9.43. The number of nitrogens with zero attached hydrogens (tertiary/aromatic N) is 2. The first kappa shape index (κ1) is 31.4. The number of benzene rings is 4. The van der Waals surface area contributed by atoms with Crippen LogP contribution in [0.2, 0.25) is 10.0 Å². The van der Waals surface area contributed by atoms with E-state index in [1.165, 1.54) is 0 Å². The van der Waals surface area contributed by atoms with E-state index in [-0.39, 0.29) is 0 Å². The molecule has 0 saturated heterocycles. The van der Waals surface area contributed by atoms with Crippen LogP contribution in [0, 0.1) is 16.5 Å². The number of anilines is 2. The molecule has 46 heavy (non-hydrogen) atoms. The fourth-order valence-corrected chi connectivity index (χ4v) is 6.42. The average Bonchev–Trinajstić information content (AvgIpc) is 3.50. The van der Waals surface area contributed by atoms with Crippen LogP contribution in [0.4, 0.5) is 11.4 Å². The van der Waals surface area contributed by atoms with Gasteiger partial charge in [0.25, 0.3) is 0 Å². The second-order valence-corrected chi connectivity index (χ2v) is 12.3. The molecule has 0 aliphatic heterocycles. The maximum atomic E-state index is 11.9. The van der Waals surface area contributed by atoms with E-state index in [0.717, 1.165) is 62.8 Å². The topological polar surface area (TPSA) is 109 Å². The lowest BCUT2D eigenvalue weighted by Gasteiger charge is -2.16. The SMILES string of the molecule is CCc1[nH]c(=S)n(Nc2cccc(Cl)c2)c1-c1cccc(-c2cc(Cl)cc(Nn3c(-c4cccc(C(N)=O)c4)c(C)[nH]c3=S)c2)c1. The molecular formula is C34H29Cl2N7OS2. The number of aromatic amines is 2. The number of amides is 1. The second kappa shape index (κ2) is 13.0. The molecule has 4 aromatic carbocycles. The van der Waals surface area contributed by atoms with Crippen LogP contribution in [0.5, 0.6) is 0 Å². The van der Waals surface area contributed by atoms with Crippen molar-refractivity contribution in [2.75, 3.05) is 10.9 Å². The average molecular weight is 687 g/mol. The number of hydrogen-bond acceptors (Lipinski definition) is 5. The van der Waals surface area contributed by atoms with E-state index in [2.05, 4.69) is 39.9 Å². The van der Waals surface area contributed by atoms with E-state index < -0.39 is 5.91 Å². The van der Waals surface area contributed by atoms with Gasteiger partial charge in [0.15, 0.2) is 9.54 Å². The number of aromatic nitrogens is 4. The fraction of sp³-hybridized carbons (Fsp3) is 0.0882. The molecule has 0 radical (unpaired) electrons. The van der Waals surface area contributed by atoms with Crippen molar-refractivity contribution >= 4 is 64.9 Å². The van der Waals surface area contributed by atoms with Crippen molar-refractivity contribution in [3.05, 3.63) is 128 Å². The highest BCUT2D eigenvalue weighted by molar-refractivity contribution is 7.71. The molecule has 2 aromatic heterocycles. The number of rotatable bonds is 9. The van der Waals surface area contributed by atoms with E-state index in [9.17, 15) is 4.79 Å². The summed E-state index contributed by atoms with van der Waals surface area (Å²) in [5.74, 6) is -0.504. The van der Waals surface area contributed by atoms with Gasteiger partial charge in [-0.1, -0.05) is 66.5 Å². The first-order chi connectivity index (χ1) is 22.1. The monoisotopic (exact) mass is 685 g/mol. The van der Waals surface area contributed by atoms with Gasteiger partial charge in [-0.2, -0.15) is 0 Å². The number of hydrogen-bond donors (Lipinski definition) is 5. The maximum Gasteiger partial charge on any atom is 0.248 e. The van der Waals surface area contributed by atoms with E-state index in [1.807, 2.05) is 72.3 Å². The van der Waals surface area contributed by atoms with Crippen LogP contribution >= 0.6 is 47.6 Å². The molecule has 6 rings (SSSR count). The van der Waals surface area contributed by atoms with E-state index >= 15 is 0 Å². The van der Waals surface area contributed by atoms with Gasteiger partial charge < -0.3 is 15.7 Å². The third-order valence-electron chi connectivity index (χ3n) is 7.49. The van der Waals surface area contributed by atoms with Crippen LogP contribution in [-0.4, -0.2) is 25.2 Å². The molecule has 6 N–H and O–H groups in total. The number of H-pyrrole nitrogens is 2. The van der Waals surface area contributed by atoms with Gasteiger partial charge in [-0.15, -0.1) is 0 Å². The molecule has 0 fully saturated rings. The van der Waals surface area contributed by atoms with E-state index in [0.29, 0.717) is 25.2 Å². The van der Waals surface area contributed by atoms with Gasteiger partial charge in [-0.3, -0.25) is 15.6 Å². The minimum atomic E-state index is -0.504. The van der Waals surface area contributed by atoms with Crippen molar-refractivity contribution in [1.29, 1.82) is 0 Å². The Labute approximate surface area is 285 Å². The zero-order valence-corrected chi connectivity index (χ0v) is 28.0. The van der Waals surface area contributed by atoms with Crippen LogP contribution in [0.25, 0.3) is 33.6 Å². The zero-order valence-electron chi connectivity index (χ0n) is 24.8. The van der Waals surface area contributed by atoms with Gasteiger partial charge >= 0.3 is 0 Å². The minimum Gasteiger partial charge on any atom is -0.366 e. The summed E-state index contributed by atoms with van der Waals surface area (Å²) in [7, 11) is 0. The van der Waals surface area contributed by atoms with Gasteiger partial charge in [0.05, 0.1) is 22.8 Å². The van der Waals surface area contributed by atoms with Gasteiger partial charge in [0, 0.05) is 38.1 Å². The quantitative estimate of drug-likeness (QED) is 0.0975. The number of carbonyl (C=O) groups is 1. The van der Waals surface area contributed by atoms with Crippen LogP contribution in [0.3, 0.4) is 0 Å². The molecule has 0 saturated carbocycles. The summed E-state index contributed by atoms with van der Waals surface area (Å²) < 4.78 is 4.63. The number of primary amides is 1. The lowest BCUT2D eigenvalue weighted by molar-refractivity contribution is 0.100. The predicted molar refractivity (Wildman–Crippen MR) is 193 cm³/mol. The molecule has 0 atom stereocenters. The molecule has 8 nitrogen and oxygen atoms in total. The highest BCUT2D eigenvalue weighted by atomic mass is 35.5. The number of aryl methyl sites for hydroxylation is 2. The largest absolute Gasteiger partial charge is 0.366 e. The summed E-state index contributed by atoms with van der Waals surface area (Å²) in [5.41, 5.74) is 21.4. The highest BCUT2D eigenvalue weighted by Crippen LogP contribution is 2.33. The molecular weight excluding hydrogens is 657 g/mol. The summed E-state index contributed by atoms with van der Waals surface area (Å²) in [6, 6.07) is 28.6. The van der Waals surface area contributed by atoms with Crippen LogP contribution in [0.1, 0.15) is 28.7 Å². The molecule has 12 heteroatoms. The van der Waals surface area contributed by atoms with E-state index in [4.69, 9.17) is 53.4 Å². The van der Waals surface area contributed by atoms with Crippen molar-refractivity contribution in [3.63, 3.8) is 0 Å². The zero-order chi connectivity index (χ0) is 32.5. The van der Waals surface area contributed by atoms with Gasteiger partial charge in [0.1, 0.15) is 0 Å². The Balaban J connectivity index is 1.39. The number of halogens is 2. The summed E-state index contributed by atoms with van der Waals surface area (Å²) in [6.07, 6.45) is 0.750. The smallest absolute Gasteiger partial charge is 0.248 e. The number of carbonyl (C=O) groups excluding carboxylic acids is 1. The Bertz CT molecular complexity index is 2230. The number of nitrogens with two attached hydrogens (primary N) is 1. The summed E-state index contributed by atoms with van der Waals surface area (Å²) in [5, 5.41) is 1.17. The Morgan fingerprint density at radius 1 is 0.739 bits per heavy atom. The minimum absolute atomic E-state index is 0.404. The number of imidazole rings is 2. The van der Waals surface area contributed by atoms with Crippen molar-refractivity contribution in [1.82, 2.24) is 19.3 Å². The Morgan fingerprint density at radius 2 is 1.37 bits per heavy atom. The molecule has 0 spiro atoms. The third kappa shape index (κ3) is 6.38. The molecule has 0 bridgehead atoms. The molecule has 0 unspecified atom stereocenters. The standard InChI is InChI=1S/C34H29Cl2N7OS2/c1-3-29-31(43(34(46)39-29)40-27-12-6-11-25(35)17-27)22-9-4-7-20(13-22)24-15-26(36)18-28(16-24)41-42-30(19(2)38-33(42)45)21-8-5-10-23(14-21)32(37)44/h4-18,40-41H,3H2,1-2H3,(H2,37,44)(H,38,45)(H,39,46).